The molecule has 10 heteroatoms. The van der Waals surface area contributed by atoms with E-state index in [1.54, 1.807) is 0 Å². The molecule has 0 unspecified atom stereocenters. The summed E-state index contributed by atoms with van der Waals surface area (Å²) in [4.78, 5) is 0. The first-order valence-corrected chi connectivity index (χ1v) is 5.27. The van der Waals surface area contributed by atoms with Crippen LogP contribution in [-0.4, -0.2) is 19.2 Å². The van der Waals surface area contributed by atoms with Gasteiger partial charge in [-0.2, -0.15) is 35.1 Å². The third-order valence-electron chi connectivity index (χ3n) is 2.66. The first-order chi connectivity index (χ1) is 9.32. The van der Waals surface area contributed by atoms with Gasteiger partial charge in [0.25, 0.3) is 0 Å². The molecule has 2 N–H and O–H groups in total. The highest BCUT2D eigenvalue weighted by Crippen LogP contribution is 2.46. The van der Waals surface area contributed by atoms with Gasteiger partial charge in [0, 0.05) is 5.56 Å². The minimum Gasteiger partial charge on any atom is -0.496 e. The van der Waals surface area contributed by atoms with Crippen LogP contribution in [0.2, 0.25) is 0 Å². The van der Waals surface area contributed by atoms with Crippen molar-refractivity contribution >= 4 is 0 Å². The lowest BCUT2D eigenvalue weighted by Crippen LogP contribution is -2.46. The standard InChI is InChI=1S/C11H9F8NO/c1-21-7-4-5(10(14,15)16)2-3-6(7)8(20)9(12,13)11(17,18)19/h2-4,8H,20H2,1H3/t8-/m0/s1. The van der Waals surface area contributed by atoms with E-state index >= 15 is 0 Å². The maximum Gasteiger partial charge on any atom is 0.455 e. The number of rotatable bonds is 3. The molecule has 0 aliphatic rings. The Balaban J connectivity index is 3.32. The van der Waals surface area contributed by atoms with Crippen molar-refractivity contribution in [2.24, 2.45) is 5.73 Å². The van der Waals surface area contributed by atoms with Crippen molar-refractivity contribution in [2.45, 2.75) is 24.3 Å². The third kappa shape index (κ3) is 3.36. The Bertz CT molecular complexity index is 508. The fraction of sp³-hybridized carbons (Fsp3) is 0.455. The quantitative estimate of drug-likeness (QED) is 0.856. The molecule has 1 aromatic carbocycles. The van der Waals surface area contributed by atoms with Crippen LogP contribution < -0.4 is 10.5 Å². The number of halogens is 8. The summed E-state index contributed by atoms with van der Waals surface area (Å²) in [5.74, 6) is -6.12. The number of benzene rings is 1. The summed E-state index contributed by atoms with van der Waals surface area (Å²) in [7, 11) is 0.831. The number of hydrogen-bond acceptors (Lipinski definition) is 2. The molecule has 0 heterocycles. The highest BCUT2D eigenvalue weighted by atomic mass is 19.4. The lowest BCUT2D eigenvalue weighted by atomic mass is 9.98. The molecule has 0 aromatic heterocycles. The normalized spacial score (nSPS) is 15.0. The Hall–Kier alpha value is -1.58. The molecule has 0 radical (unpaired) electrons. The Morgan fingerprint density at radius 1 is 1.00 bits per heavy atom. The van der Waals surface area contributed by atoms with Crippen LogP contribution in [0.4, 0.5) is 35.1 Å². The van der Waals surface area contributed by atoms with Gasteiger partial charge in [0.05, 0.1) is 12.7 Å². The molecule has 1 rings (SSSR count). The van der Waals surface area contributed by atoms with Crippen LogP contribution >= 0.6 is 0 Å². The fourth-order valence-corrected chi connectivity index (χ4v) is 1.52. The Kier molecular flexibility index (Phi) is 4.42. The molecular formula is C11H9F8NO. The minimum absolute atomic E-state index is 0.307. The van der Waals surface area contributed by atoms with Crippen molar-refractivity contribution in [1.82, 2.24) is 0 Å². The lowest BCUT2D eigenvalue weighted by molar-refractivity contribution is -0.291. The van der Waals surface area contributed by atoms with Crippen molar-refractivity contribution in [3.8, 4) is 5.75 Å². The summed E-state index contributed by atoms with van der Waals surface area (Å²) >= 11 is 0. The van der Waals surface area contributed by atoms with Crippen LogP contribution in [0.3, 0.4) is 0 Å². The zero-order chi connectivity index (χ0) is 16.6. The molecule has 2 nitrogen and oxygen atoms in total. The molecule has 0 spiro atoms. The number of nitrogens with two attached hydrogens (primary N) is 1. The van der Waals surface area contributed by atoms with E-state index in [1.165, 1.54) is 0 Å². The Morgan fingerprint density at radius 2 is 1.52 bits per heavy atom. The van der Waals surface area contributed by atoms with Crippen LogP contribution in [0, 0.1) is 0 Å². The summed E-state index contributed by atoms with van der Waals surface area (Å²) in [5.41, 5.74) is 2.72. The van der Waals surface area contributed by atoms with E-state index in [4.69, 9.17) is 5.73 Å². The van der Waals surface area contributed by atoms with Crippen LogP contribution in [0.5, 0.6) is 5.75 Å². The SMILES string of the molecule is COc1cc(C(F)(F)F)ccc1[C@H](N)C(F)(F)C(F)(F)F. The molecule has 21 heavy (non-hydrogen) atoms. The van der Waals surface area contributed by atoms with E-state index in [2.05, 4.69) is 4.74 Å². The van der Waals surface area contributed by atoms with Crippen molar-refractivity contribution in [3.63, 3.8) is 0 Å². The number of ether oxygens (including phenoxy) is 1. The average Bonchev–Trinajstić information content (AvgIpc) is 2.34. The van der Waals surface area contributed by atoms with Crippen LogP contribution in [0.25, 0.3) is 0 Å². The van der Waals surface area contributed by atoms with Crippen LogP contribution in [-0.2, 0) is 6.18 Å². The van der Waals surface area contributed by atoms with E-state index in [1.807, 2.05) is 0 Å². The van der Waals surface area contributed by atoms with Crippen LogP contribution in [0.15, 0.2) is 18.2 Å². The van der Waals surface area contributed by atoms with Crippen molar-refractivity contribution in [3.05, 3.63) is 29.3 Å². The summed E-state index contributed by atoms with van der Waals surface area (Å²) < 4.78 is 105. The van der Waals surface area contributed by atoms with Gasteiger partial charge in [0.15, 0.2) is 0 Å². The highest BCUT2D eigenvalue weighted by Gasteiger charge is 2.62. The maximum absolute atomic E-state index is 13.1. The molecule has 0 bridgehead atoms. The second-order valence-electron chi connectivity index (χ2n) is 4.05. The molecule has 0 saturated carbocycles. The highest BCUT2D eigenvalue weighted by molar-refractivity contribution is 5.41. The van der Waals surface area contributed by atoms with Gasteiger partial charge in [-0.25, -0.2) is 0 Å². The van der Waals surface area contributed by atoms with Gasteiger partial charge in [0.1, 0.15) is 11.8 Å². The average molecular weight is 323 g/mol. The zero-order valence-electron chi connectivity index (χ0n) is 10.3. The predicted octanol–water partition coefficient (Wildman–Crippen LogP) is 3.91. The molecule has 0 aliphatic carbocycles. The van der Waals surface area contributed by atoms with Crippen LogP contribution in [0.1, 0.15) is 17.2 Å². The maximum atomic E-state index is 13.1. The van der Waals surface area contributed by atoms with Crippen molar-refractivity contribution in [2.75, 3.05) is 7.11 Å². The van der Waals surface area contributed by atoms with E-state index in [-0.39, 0.29) is 0 Å². The molecule has 0 fully saturated rings. The predicted molar refractivity (Wildman–Crippen MR) is 55.9 cm³/mol. The second-order valence-corrected chi connectivity index (χ2v) is 4.05. The number of methoxy groups -OCH3 is 1. The minimum atomic E-state index is -5.94. The molecule has 1 aromatic rings. The smallest absolute Gasteiger partial charge is 0.455 e. The Morgan fingerprint density at radius 3 is 1.90 bits per heavy atom. The third-order valence-corrected chi connectivity index (χ3v) is 2.66. The number of alkyl halides is 8. The van der Waals surface area contributed by atoms with Gasteiger partial charge in [-0.3, -0.25) is 0 Å². The molecule has 0 amide bonds. The first kappa shape index (κ1) is 17.5. The second kappa shape index (κ2) is 5.32. The summed E-state index contributed by atoms with van der Waals surface area (Å²) in [6, 6.07) is -1.80. The van der Waals surface area contributed by atoms with Gasteiger partial charge in [0.2, 0.25) is 0 Å². The molecule has 0 aliphatic heterocycles. The monoisotopic (exact) mass is 323 g/mol. The largest absolute Gasteiger partial charge is 0.496 e. The molecule has 0 saturated heterocycles. The molecule has 120 valence electrons. The van der Waals surface area contributed by atoms with E-state index in [9.17, 15) is 35.1 Å². The van der Waals surface area contributed by atoms with E-state index < -0.39 is 41.2 Å². The summed E-state index contributed by atoms with van der Waals surface area (Å²) in [6.07, 6.45) is -10.7. The summed E-state index contributed by atoms with van der Waals surface area (Å²) in [5, 5.41) is 0. The topological polar surface area (TPSA) is 35.2 Å². The van der Waals surface area contributed by atoms with Gasteiger partial charge >= 0.3 is 18.3 Å². The Labute approximate surface area is 113 Å². The molecular weight excluding hydrogens is 314 g/mol. The molecule has 1 atom stereocenters. The van der Waals surface area contributed by atoms with Gasteiger partial charge in [-0.15, -0.1) is 0 Å². The van der Waals surface area contributed by atoms with Crippen molar-refractivity contribution in [1.29, 1.82) is 0 Å². The van der Waals surface area contributed by atoms with Gasteiger partial charge < -0.3 is 10.5 Å². The van der Waals surface area contributed by atoms with E-state index in [0.29, 0.717) is 18.2 Å². The van der Waals surface area contributed by atoms with Gasteiger partial charge in [-0.1, -0.05) is 6.07 Å². The first-order valence-electron chi connectivity index (χ1n) is 5.27. The zero-order valence-corrected chi connectivity index (χ0v) is 10.3. The van der Waals surface area contributed by atoms with E-state index in [0.717, 1.165) is 7.11 Å². The fourth-order valence-electron chi connectivity index (χ4n) is 1.52. The van der Waals surface area contributed by atoms with Gasteiger partial charge in [-0.05, 0) is 12.1 Å². The number of hydrogen-bond donors (Lipinski definition) is 1. The summed E-state index contributed by atoms with van der Waals surface area (Å²) in [6.45, 7) is 0. The lowest BCUT2D eigenvalue weighted by Gasteiger charge is -2.27. The van der Waals surface area contributed by atoms with Crippen molar-refractivity contribution < 1.29 is 39.9 Å².